The SMILES string of the molecule is Cc1cn2c3c(=O)[nH]c(=O)n(C)c3nc2n1[C@@H]1C[C@H](C)CC(C)(C)C1. The monoisotopic (exact) mass is 343 g/mol. The number of fused-ring (bicyclic) bond motifs is 3. The first kappa shape index (κ1) is 16.2. The van der Waals surface area contributed by atoms with Crippen LogP contribution in [0.4, 0.5) is 0 Å². The molecule has 0 aromatic carbocycles. The molecule has 4 rings (SSSR count). The van der Waals surface area contributed by atoms with Gasteiger partial charge in [-0.3, -0.25) is 18.7 Å². The molecule has 1 fully saturated rings. The topological polar surface area (TPSA) is 77.1 Å². The zero-order valence-corrected chi connectivity index (χ0v) is 15.5. The molecule has 134 valence electrons. The third-order valence-corrected chi connectivity index (χ3v) is 5.57. The highest BCUT2D eigenvalue weighted by Gasteiger charge is 2.34. The van der Waals surface area contributed by atoms with Gasteiger partial charge < -0.3 is 4.57 Å². The number of nitrogens with one attached hydrogen (secondary N) is 1. The summed E-state index contributed by atoms with van der Waals surface area (Å²) < 4.78 is 5.48. The van der Waals surface area contributed by atoms with Gasteiger partial charge in [0.25, 0.3) is 5.56 Å². The highest BCUT2D eigenvalue weighted by atomic mass is 16.2. The second kappa shape index (κ2) is 5.09. The lowest BCUT2D eigenvalue weighted by Gasteiger charge is -2.39. The van der Waals surface area contributed by atoms with Gasteiger partial charge in [-0.25, -0.2) is 4.79 Å². The molecule has 1 saturated carbocycles. The molecule has 3 aromatic heterocycles. The molecule has 0 radical (unpaired) electrons. The summed E-state index contributed by atoms with van der Waals surface area (Å²) in [5.74, 6) is 1.39. The number of aryl methyl sites for hydroxylation is 2. The molecule has 1 N–H and O–H groups in total. The van der Waals surface area contributed by atoms with Gasteiger partial charge in [-0.1, -0.05) is 20.8 Å². The summed E-state index contributed by atoms with van der Waals surface area (Å²) in [6.07, 6.45) is 5.37. The summed E-state index contributed by atoms with van der Waals surface area (Å²) in [7, 11) is 1.63. The number of hydrogen-bond donors (Lipinski definition) is 1. The number of H-pyrrole nitrogens is 1. The average molecular weight is 343 g/mol. The minimum Gasteiger partial charge on any atom is -0.311 e. The summed E-state index contributed by atoms with van der Waals surface area (Å²) in [5.41, 5.74) is 1.41. The Hall–Kier alpha value is -2.31. The van der Waals surface area contributed by atoms with Gasteiger partial charge in [-0.05, 0) is 37.5 Å². The van der Waals surface area contributed by atoms with Crippen LogP contribution in [0.25, 0.3) is 16.9 Å². The lowest BCUT2D eigenvalue weighted by atomic mass is 9.70. The van der Waals surface area contributed by atoms with Crippen LogP contribution in [0.1, 0.15) is 51.8 Å². The van der Waals surface area contributed by atoms with E-state index in [1.807, 2.05) is 10.6 Å². The molecule has 0 bridgehead atoms. The van der Waals surface area contributed by atoms with Crippen molar-refractivity contribution >= 4 is 16.9 Å². The van der Waals surface area contributed by atoms with Crippen LogP contribution in [0.5, 0.6) is 0 Å². The summed E-state index contributed by atoms with van der Waals surface area (Å²) >= 11 is 0. The van der Waals surface area contributed by atoms with Crippen molar-refractivity contribution < 1.29 is 0 Å². The molecule has 0 aliphatic heterocycles. The quantitative estimate of drug-likeness (QED) is 0.737. The fourth-order valence-electron chi connectivity index (χ4n) is 4.83. The number of aromatic nitrogens is 5. The normalized spacial score (nSPS) is 23.6. The van der Waals surface area contributed by atoms with Crippen LogP contribution in [0.2, 0.25) is 0 Å². The van der Waals surface area contributed by atoms with E-state index in [1.54, 1.807) is 7.05 Å². The van der Waals surface area contributed by atoms with Crippen LogP contribution in [0.3, 0.4) is 0 Å². The molecular weight excluding hydrogens is 318 g/mol. The van der Waals surface area contributed by atoms with E-state index < -0.39 is 5.69 Å². The first-order chi connectivity index (χ1) is 11.7. The maximum Gasteiger partial charge on any atom is 0.329 e. The third-order valence-electron chi connectivity index (χ3n) is 5.57. The summed E-state index contributed by atoms with van der Waals surface area (Å²) in [6.45, 7) is 9.01. The summed E-state index contributed by atoms with van der Waals surface area (Å²) in [6, 6.07) is 0.351. The van der Waals surface area contributed by atoms with Crippen LogP contribution in [-0.2, 0) is 7.05 Å². The van der Waals surface area contributed by atoms with Crippen LogP contribution < -0.4 is 11.2 Å². The molecule has 0 spiro atoms. The van der Waals surface area contributed by atoms with Crippen LogP contribution in [-0.4, -0.2) is 23.5 Å². The Morgan fingerprint density at radius 1 is 1.28 bits per heavy atom. The van der Waals surface area contributed by atoms with Gasteiger partial charge in [0.15, 0.2) is 11.2 Å². The minimum absolute atomic E-state index is 0.284. The number of hydrogen-bond acceptors (Lipinski definition) is 3. The Balaban J connectivity index is 1.99. The molecular formula is C18H25N5O2. The second-order valence-electron chi connectivity index (χ2n) is 8.48. The van der Waals surface area contributed by atoms with Gasteiger partial charge in [0, 0.05) is 25.0 Å². The third kappa shape index (κ3) is 2.36. The number of imidazole rings is 2. The van der Waals surface area contributed by atoms with Crippen molar-refractivity contribution in [1.82, 2.24) is 23.5 Å². The standard InChI is InChI=1S/C18H25N5O2/c1-10-6-12(8-18(3,4)7-10)23-11(2)9-22-13-14(19-16(22)23)21(5)17(25)20-15(13)24/h9-10,12H,6-8H2,1-5H3,(H,20,24,25)/t10-,12+/m0/s1. The molecule has 7 nitrogen and oxygen atoms in total. The van der Waals surface area contributed by atoms with Gasteiger partial charge in [0.1, 0.15) is 0 Å². The van der Waals surface area contributed by atoms with Gasteiger partial charge in [0.05, 0.1) is 0 Å². The Morgan fingerprint density at radius 3 is 2.68 bits per heavy atom. The van der Waals surface area contributed by atoms with Crippen LogP contribution >= 0.6 is 0 Å². The fraction of sp³-hybridized carbons (Fsp3) is 0.611. The maximum absolute atomic E-state index is 12.3. The minimum atomic E-state index is -0.436. The van der Waals surface area contributed by atoms with E-state index in [2.05, 4.69) is 42.2 Å². The van der Waals surface area contributed by atoms with Gasteiger partial charge in [0.2, 0.25) is 5.78 Å². The van der Waals surface area contributed by atoms with Gasteiger partial charge in [-0.2, -0.15) is 4.98 Å². The van der Waals surface area contributed by atoms with E-state index in [9.17, 15) is 9.59 Å². The molecule has 3 heterocycles. The zero-order chi connectivity index (χ0) is 18.1. The van der Waals surface area contributed by atoms with E-state index in [0.29, 0.717) is 23.1 Å². The Morgan fingerprint density at radius 2 is 2.00 bits per heavy atom. The lowest BCUT2D eigenvalue weighted by molar-refractivity contribution is 0.138. The molecule has 2 atom stereocenters. The predicted molar refractivity (Wildman–Crippen MR) is 97.1 cm³/mol. The highest BCUT2D eigenvalue weighted by molar-refractivity contribution is 5.75. The average Bonchev–Trinajstić information content (AvgIpc) is 2.97. The van der Waals surface area contributed by atoms with Crippen molar-refractivity contribution in [2.75, 3.05) is 0 Å². The van der Waals surface area contributed by atoms with Crippen molar-refractivity contribution in [2.24, 2.45) is 18.4 Å². The molecule has 0 saturated heterocycles. The van der Waals surface area contributed by atoms with E-state index in [1.165, 1.54) is 11.0 Å². The van der Waals surface area contributed by atoms with Crippen LogP contribution in [0.15, 0.2) is 15.8 Å². The Kier molecular flexibility index (Phi) is 3.30. The van der Waals surface area contributed by atoms with Crippen molar-refractivity contribution in [3.8, 4) is 0 Å². The molecule has 0 unspecified atom stereocenters. The van der Waals surface area contributed by atoms with E-state index >= 15 is 0 Å². The van der Waals surface area contributed by atoms with Gasteiger partial charge in [-0.15, -0.1) is 0 Å². The molecule has 1 aliphatic rings. The molecule has 3 aromatic rings. The molecule has 0 amide bonds. The summed E-state index contributed by atoms with van der Waals surface area (Å²) in [5, 5.41) is 0. The fourth-order valence-corrected chi connectivity index (χ4v) is 4.83. The highest BCUT2D eigenvalue weighted by Crippen LogP contribution is 2.44. The Labute approximate surface area is 145 Å². The summed E-state index contributed by atoms with van der Waals surface area (Å²) in [4.78, 5) is 31.3. The van der Waals surface area contributed by atoms with Crippen molar-refractivity contribution in [3.63, 3.8) is 0 Å². The van der Waals surface area contributed by atoms with Crippen LogP contribution in [0, 0.1) is 18.3 Å². The van der Waals surface area contributed by atoms with Crippen molar-refractivity contribution in [1.29, 1.82) is 0 Å². The molecule has 7 heteroatoms. The van der Waals surface area contributed by atoms with Crippen molar-refractivity contribution in [2.45, 2.75) is 53.0 Å². The Bertz CT molecular complexity index is 1090. The molecule has 25 heavy (non-hydrogen) atoms. The van der Waals surface area contributed by atoms with E-state index in [0.717, 1.165) is 24.3 Å². The number of rotatable bonds is 1. The zero-order valence-electron chi connectivity index (χ0n) is 15.5. The predicted octanol–water partition coefficient (Wildman–Crippen LogP) is 2.37. The smallest absolute Gasteiger partial charge is 0.311 e. The number of nitrogens with zero attached hydrogens (tertiary/aromatic N) is 4. The van der Waals surface area contributed by atoms with E-state index in [-0.39, 0.29) is 11.0 Å². The lowest BCUT2D eigenvalue weighted by Crippen LogP contribution is -2.29. The largest absolute Gasteiger partial charge is 0.329 e. The first-order valence-corrected chi connectivity index (χ1v) is 8.87. The first-order valence-electron chi connectivity index (χ1n) is 8.87. The second-order valence-corrected chi connectivity index (χ2v) is 8.48. The van der Waals surface area contributed by atoms with Crippen molar-refractivity contribution in [3.05, 3.63) is 32.7 Å². The molecule has 1 aliphatic carbocycles. The maximum atomic E-state index is 12.3. The number of aromatic amines is 1. The van der Waals surface area contributed by atoms with Gasteiger partial charge >= 0.3 is 5.69 Å². The van der Waals surface area contributed by atoms with E-state index in [4.69, 9.17) is 0 Å².